The number of amides is 1. The van der Waals surface area contributed by atoms with Crippen molar-refractivity contribution in [2.75, 3.05) is 19.7 Å². The average Bonchev–Trinajstić information content (AvgIpc) is 3.42. The highest BCUT2D eigenvalue weighted by atomic mass is 16.8. The van der Waals surface area contributed by atoms with Crippen LogP contribution in [0.5, 0.6) is 0 Å². The summed E-state index contributed by atoms with van der Waals surface area (Å²) in [6, 6.07) is -4.06. The minimum absolute atomic E-state index is 0.0774. The van der Waals surface area contributed by atoms with Crippen LogP contribution >= 0.6 is 0 Å². The lowest BCUT2D eigenvalue weighted by Crippen LogP contribution is -2.69. The van der Waals surface area contributed by atoms with Gasteiger partial charge in [0, 0.05) is 32.1 Å². The number of carbonyl (C=O) groups excluding carboxylic acids is 1. The topological polar surface area (TPSA) is 356 Å². The first kappa shape index (κ1) is 36.0. The van der Waals surface area contributed by atoms with Gasteiger partial charge in [-0.05, 0) is 6.42 Å². The summed E-state index contributed by atoms with van der Waals surface area (Å²) in [6.45, 7) is 0.362. The third-order valence-corrected chi connectivity index (χ3v) is 9.78. The van der Waals surface area contributed by atoms with Gasteiger partial charge in [-0.25, -0.2) is 0 Å². The maximum Gasteiger partial charge on any atom is 0.216 e. The smallest absolute Gasteiger partial charge is 0.216 e. The maximum absolute atomic E-state index is 11.4. The number of carbonyl (C=O) groups is 1. The molecule has 20 unspecified atom stereocenters. The number of aliphatic hydroxyl groups is 7. The van der Waals surface area contributed by atoms with Crippen LogP contribution in [-0.2, 0) is 33.2 Å². The Labute approximate surface area is 263 Å². The molecule has 1 amide bonds. The summed E-state index contributed by atoms with van der Waals surface area (Å²) in [5, 5.41) is 77.2. The summed E-state index contributed by atoms with van der Waals surface area (Å²) in [4.78, 5) is 11.4. The predicted octanol–water partition coefficient (Wildman–Crippen LogP) is -8.51. The monoisotopic (exact) mass is 668 g/mol. The summed E-state index contributed by atoms with van der Waals surface area (Å²) >= 11 is 0. The first-order valence-electron chi connectivity index (χ1n) is 15.3. The van der Waals surface area contributed by atoms with E-state index in [0.717, 1.165) is 0 Å². The molecule has 266 valence electrons. The van der Waals surface area contributed by atoms with Gasteiger partial charge in [-0.1, -0.05) is 0 Å². The van der Waals surface area contributed by atoms with Crippen LogP contribution in [0.3, 0.4) is 0 Å². The van der Waals surface area contributed by atoms with Crippen LogP contribution in [-0.4, -0.2) is 171 Å². The van der Waals surface area contributed by atoms with Crippen molar-refractivity contribution < 1.29 is 69.0 Å². The first-order chi connectivity index (χ1) is 21.6. The molecule has 3 saturated heterocycles. The SMILES string of the molecule is CC(=O)NCC1C(O)C2C(N)C(OC3C(CO)OC(OC4C(O)C(N)CC(N)C4OC4OC(CN)C(O)C(O)C4N)C3O)OC12O. The third kappa shape index (κ3) is 6.30. The molecule has 46 heavy (non-hydrogen) atoms. The molecule has 3 aliphatic heterocycles. The van der Waals surface area contributed by atoms with E-state index in [-0.39, 0.29) is 25.4 Å². The molecule has 20 heteroatoms. The molecule has 5 aliphatic rings. The molecule has 2 aliphatic carbocycles. The molecule has 5 rings (SSSR count). The summed E-state index contributed by atoms with van der Waals surface area (Å²) in [6.07, 6.45) is -17.3. The number of nitrogens with two attached hydrogens (primary N) is 5. The van der Waals surface area contributed by atoms with Crippen LogP contribution in [0.25, 0.3) is 0 Å². The normalized spacial score (nSPS) is 53.9. The van der Waals surface area contributed by atoms with E-state index >= 15 is 0 Å². The Morgan fingerprint density at radius 3 is 2.07 bits per heavy atom. The summed E-state index contributed by atoms with van der Waals surface area (Å²) in [5.41, 5.74) is 30.4. The predicted molar refractivity (Wildman–Crippen MR) is 150 cm³/mol. The van der Waals surface area contributed by atoms with Gasteiger partial charge < -0.3 is 98.2 Å². The Bertz CT molecular complexity index is 1070. The minimum atomic E-state index is -1.93. The quantitative estimate of drug-likeness (QED) is 0.103. The van der Waals surface area contributed by atoms with Crippen molar-refractivity contribution >= 4 is 5.91 Å². The molecule has 0 spiro atoms. The fourth-order valence-corrected chi connectivity index (χ4v) is 7.08. The second-order valence-electron chi connectivity index (χ2n) is 12.8. The lowest BCUT2D eigenvalue weighted by atomic mass is 9.64. The Morgan fingerprint density at radius 1 is 0.804 bits per heavy atom. The number of hydrogen-bond donors (Lipinski definition) is 13. The Hall–Kier alpha value is -1.25. The van der Waals surface area contributed by atoms with Gasteiger partial charge in [-0.15, -0.1) is 0 Å². The van der Waals surface area contributed by atoms with Crippen molar-refractivity contribution in [1.29, 1.82) is 0 Å². The molecule has 0 aromatic rings. The second kappa shape index (κ2) is 13.9. The Balaban J connectivity index is 1.28. The summed E-state index contributed by atoms with van der Waals surface area (Å²) in [7, 11) is 0. The summed E-state index contributed by atoms with van der Waals surface area (Å²) in [5.74, 6) is -4.18. The summed E-state index contributed by atoms with van der Waals surface area (Å²) < 4.78 is 35.0. The van der Waals surface area contributed by atoms with Gasteiger partial charge in [0.1, 0.15) is 48.8 Å². The van der Waals surface area contributed by atoms with E-state index in [1.165, 1.54) is 6.92 Å². The maximum atomic E-state index is 11.4. The van der Waals surface area contributed by atoms with Crippen molar-refractivity contribution in [2.45, 2.75) is 123 Å². The van der Waals surface area contributed by atoms with Gasteiger partial charge in [0.2, 0.25) is 5.91 Å². The fraction of sp³-hybridized carbons (Fsp3) is 0.962. The zero-order chi connectivity index (χ0) is 33.8. The standard InChI is InChI=1S/C26H48N6O14/c1-6(34)32-4-7-15(35)12-13(30)24(46-26(7,12)40)44-21-11(5-33)42-25(19(21)39)45-22-16(36)8(28)2-9(29)20(22)43-23-14(31)18(38)17(37)10(3-27)41-23/h7-25,33,35-40H,2-5,27-31H2,1H3,(H,32,34). The molecule has 3 heterocycles. The second-order valence-corrected chi connectivity index (χ2v) is 12.8. The fourth-order valence-electron chi connectivity index (χ4n) is 7.08. The third-order valence-electron chi connectivity index (χ3n) is 9.78. The van der Waals surface area contributed by atoms with Crippen molar-refractivity contribution in [3.63, 3.8) is 0 Å². The number of hydrogen-bond acceptors (Lipinski definition) is 19. The molecule has 5 fully saturated rings. The molecule has 0 aromatic heterocycles. The zero-order valence-corrected chi connectivity index (χ0v) is 25.2. The Kier molecular flexibility index (Phi) is 10.9. The van der Waals surface area contributed by atoms with Crippen LogP contribution in [0.2, 0.25) is 0 Å². The van der Waals surface area contributed by atoms with Gasteiger partial charge in [0.05, 0.1) is 42.7 Å². The van der Waals surface area contributed by atoms with Crippen LogP contribution < -0.4 is 34.0 Å². The molecule has 0 aromatic carbocycles. The Morgan fingerprint density at radius 2 is 1.43 bits per heavy atom. The van der Waals surface area contributed by atoms with Crippen molar-refractivity contribution in [3.05, 3.63) is 0 Å². The van der Waals surface area contributed by atoms with Gasteiger partial charge >= 0.3 is 0 Å². The number of aliphatic hydroxyl groups excluding tert-OH is 6. The van der Waals surface area contributed by atoms with E-state index in [1.54, 1.807) is 0 Å². The largest absolute Gasteiger partial charge is 0.394 e. The van der Waals surface area contributed by atoms with E-state index in [0.29, 0.717) is 0 Å². The van der Waals surface area contributed by atoms with Crippen molar-refractivity contribution in [3.8, 4) is 0 Å². The van der Waals surface area contributed by atoms with Gasteiger partial charge in [-0.2, -0.15) is 0 Å². The number of fused-ring (bicyclic) bond motifs is 1. The molecule has 20 nitrogen and oxygen atoms in total. The lowest BCUT2D eigenvalue weighted by Gasteiger charge is -2.51. The highest BCUT2D eigenvalue weighted by Crippen LogP contribution is 2.53. The molecule has 20 atom stereocenters. The molecule has 2 saturated carbocycles. The molecule has 18 N–H and O–H groups in total. The van der Waals surface area contributed by atoms with Gasteiger partial charge in [0.25, 0.3) is 0 Å². The van der Waals surface area contributed by atoms with E-state index in [1.807, 2.05) is 0 Å². The highest BCUT2D eigenvalue weighted by molar-refractivity contribution is 5.72. The van der Waals surface area contributed by atoms with Gasteiger partial charge in [0.15, 0.2) is 24.7 Å². The van der Waals surface area contributed by atoms with E-state index in [9.17, 15) is 40.5 Å². The zero-order valence-electron chi connectivity index (χ0n) is 25.2. The van der Waals surface area contributed by atoms with E-state index in [2.05, 4.69) is 5.32 Å². The number of nitrogens with one attached hydrogen (secondary N) is 1. The van der Waals surface area contributed by atoms with Crippen molar-refractivity contribution in [1.82, 2.24) is 5.32 Å². The highest BCUT2D eigenvalue weighted by Gasteiger charge is 2.71. The molecule has 0 bridgehead atoms. The van der Waals surface area contributed by atoms with Crippen LogP contribution in [0.15, 0.2) is 0 Å². The number of rotatable bonds is 10. The first-order valence-corrected chi connectivity index (χ1v) is 15.3. The minimum Gasteiger partial charge on any atom is -0.394 e. The van der Waals surface area contributed by atoms with Gasteiger partial charge in [-0.3, -0.25) is 4.79 Å². The van der Waals surface area contributed by atoms with Crippen LogP contribution in [0.4, 0.5) is 0 Å². The van der Waals surface area contributed by atoms with Crippen molar-refractivity contribution in [2.24, 2.45) is 40.5 Å². The number of ether oxygens (including phenoxy) is 6. The van der Waals surface area contributed by atoms with Crippen LogP contribution in [0.1, 0.15) is 13.3 Å². The van der Waals surface area contributed by atoms with E-state index < -0.39 is 128 Å². The lowest BCUT2D eigenvalue weighted by molar-refractivity contribution is -0.352. The van der Waals surface area contributed by atoms with Crippen LogP contribution in [0, 0.1) is 11.8 Å². The molecular weight excluding hydrogens is 620 g/mol. The molecular formula is C26H48N6O14. The molecule has 0 radical (unpaired) electrons. The average molecular weight is 669 g/mol. The van der Waals surface area contributed by atoms with E-state index in [4.69, 9.17) is 57.1 Å².